The van der Waals surface area contributed by atoms with E-state index in [4.69, 9.17) is 16.2 Å². The molecule has 1 aromatic heterocycles. The maximum absolute atomic E-state index is 12.5. The molecule has 0 aromatic carbocycles. The van der Waals surface area contributed by atoms with Gasteiger partial charge in [0.25, 0.3) is 0 Å². The van der Waals surface area contributed by atoms with Crippen molar-refractivity contribution in [3.8, 4) is 0 Å². The standard InChI is InChI=1S/C16H23N5O2/c1-16(2,6-5-12-19-14(17)21-15(18)20-12)13(22)23-11-8-9-3-4-10(11)7-9/h3-4,9-11H,5-8H2,1-2H3,(H4,17,18,19,20,21). The number of aryl methyl sites for hydroxylation is 1. The molecule has 0 aliphatic heterocycles. The average molecular weight is 317 g/mol. The Morgan fingerprint density at radius 3 is 2.48 bits per heavy atom. The summed E-state index contributed by atoms with van der Waals surface area (Å²) in [5.74, 6) is 1.50. The smallest absolute Gasteiger partial charge is 0.311 e. The van der Waals surface area contributed by atoms with Gasteiger partial charge in [-0.05, 0) is 39.0 Å². The molecule has 2 aliphatic carbocycles. The lowest BCUT2D eigenvalue weighted by atomic mass is 9.87. The summed E-state index contributed by atoms with van der Waals surface area (Å²) in [5, 5.41) is 0. The number of esters is 1. The zero-order valence-corrected chi connectivity index (χ0v) is 13.5. The number of nitrogen functional groups attached to an aromatic ring is 2. The number of ether oxygens (including phenoxy) is 1. The number of allylic oxidation sites excluding steroid dienone is 1. The number of nitrogens with zero attached hydrogens (tertiary/aromatic N) is 3. The van der Waals surface area contributed by atoms with Crippen molar-refractivity contribution >= 4 is 17.9 Å². The van der Waals surface area contributed by atoms with E-state index in [1.165, 1.54) is 0 Å². The first-order chi connectivity index (χ1) is 10.8. The van der Waals surface area contributed by atoms with Crippen molar-refractivity contribution in [3.63, 3.8) is 0 Å². The van der Waals surface area contributed by atoms with Crippen molar-refractivity contribution in [2.24, 2.45) is 17.3 Å². The molecule has 3 unspecified atom stereocenters. The fourth-order valence-corrected chi connectivity index (χ4v) is 3.26. The molecule has 0 radical (unpaired) electrons. The highest BCUT2D eigenvalue weighted by Crippen LogP contribution is 2.41. The molecule has 2 bridgehead atoms. The largest absolute Gasteiger partial charge is 0.461 e. The summed E-state index contributed by atoms with van der Waals surface area (Å²) in [6.07, 6.45) is 7.55. The Morgan fingerprint density at radius 1 is 1.22 bits per heavy atom. The predicted octanol–water partition coefficient (Wildman–Crippen LogP) is 1.50. The third-order valence-electron chi connectivity index (χ3n) is 4.72. The lowest BCUT2D eigenvalue weighted by molar-refractivity contribution is -0.161. The molecule has 124 valence electrons. The minimum absolute atomic E-state index is 0.0280. The minimum atomic E-state index is -0.609. The molecule has 7 heteroatoms. The Balaban J connectivity index is 1.57. The van der Waals surface area contributed by atoms with Gasteiger partial charge >= 0.3 is 5.97 Å². The van der Waals surface area contributed by atoms with E-state index < -0.39 is 5.41 Å². The molecule has 4 N–H and O–H groups in total. The van der Waals surface area contributed by atoms with Gasteiger partial charge in [-0.15, -0.1) is 0 Å². The van der Waals surface area contributed by atoms with Gasteiger partial charge in [-0.25, -0.2) is 0 Å². The summed E-state index contributed by atoms with van der Waals surface area (Å²) >= 11 is 0. The van der Waals surface area contributed by atoms with Crippen LogP contribution in [0.4, 0.5) is 11.9 Å². The first kappa shape index (κ1) is 15.7. The van der Waals surface area contributed by atoms with Crippen LogP contribution < -0.4 is 11.5 Å². The van der Waals surface area contributed by atoms with Crippen LogP contribution in [0.1, 0.15) is 38.9 Å². The van der Waals surface area contributed by atoms with Crippen molar-refractivity contribution in [1.82, 2.24) is 15.0 Å². The second kappa shape index (κ2) is 5.79. The van der Waals surface area contributed by atoms with Gasteiger partial charge in [-0.2, -0.15) is 15.0 Å². The quantitative estimate of drug-likeness (QED) is 0.624. The van der Waals surface area contributed by atoms with Crippen LogP contribution in [0.15, 0.2) is 12.2 Å². The topological polar surface area (TPSA) is 117 Å². The van der Waals surface area contributed by atoms with Gasteiger partial charge in [0.05, 0.1) is 5.41 Å². The van der Waals surface area contributed by atoms with Crippen LogP contribution in [0.3, 0.4) is 0 Å². The van der Waals surface area contributed by atoms with E-state index in [2.05, 4.69) is 27.1 Å². The molecule has 2 aliphatic rings. The first-order valence-electron chi connectivity index (χ1n) is 7.99. The number of fused-ring (bicyclic) bond motifs is 2. The van der Waals surface area contributed by atoms with E-state index in [1.54, 1.807) is 0 Å². The summed E-state index contributed by atoms with van der Waals surface area (Å²) in [6.45, 7) is 3.76. The Bertz CT molecular complexity index is 623. The molecular formula is C16H23N5O2. The van der Waals surface area contributed by atoms with Gasteiger partial charge < -0.3 is 16.2 Å². The van der Waals surface area contributed by atoms with Crippen molar-refractivity contribution in [1.29, 1.82) is 0 Å². The molecular weight excluding hydrogens is 294 g/mol. The molecule has 0 amide bonds. The van der Waals surface area contributed by atoms with Crippen LogP contribution in [0.2, 0.25) is 0 Å². The highest BCUT2D eigenvalue weighted by atomic mass is 16.5. The maximum atomic E-state index is 12.5. The first-order valence-corrected chi connectivity index (χ1v) is 7.99. The fraction of sp³-hybridized carbons (Fsp3) is 0.625. The average Bonchev–Trinajstić information content (AvgIpc) is 3.07. The normalized spacial score (nSPS) is 25.7. The van der Waals surface area contributed by atoms with Crippen LogP contribution in [-0.4, -0.2) is 27.0 Å². The lowest BCUT2D eigenvalue weighted by Gasteiger charge is -2.27. The molecule has 0 spiro atoms. The molecule has 3 atom stereocenters. The zero-order chi connectivity index (χ0) is 16.6. The van der Waals surface area contributed by atoms with E-state index in [1.807, 2.05) is 13.8 Å². The monoisotopic (exact) mass is 317 g/mol. The van der Waals surface area contributed by atoms with E-state index >= 15 is 0 Å². The third kappa shape index (κ3) is 3.43. The van der Waals surface area contributed by atoms with E-state index in [9.17, 15) is 4.79 Å². The number of hydrogen-bond donors (Lipinski definition) is 2. The fourth-order valence-electron chi connectivity index (χ4n) is 3.26. The molecule has 0 saturated heterocycles. The molecule has 1 aromatic rings. The number of carbonyl (C=O) groups excluding carboxylic acids is 1. The SMILES string of the molecule is CC(C)(CCc1nc(N)nc(N)n1)C(=O)OC1CC2C=CC1C2. The Kier molecular flexibility index (Phi) is 3.95. The summed E-state index contributed by atoms with van der Waals surface area (Å²) < 4.78 is 5.75. The Hall–Kier alpha value is -2.18. The van der Waals surface area contributed by atoms with E-state index in [0.717, 1.165) is 12.8 Å². The molecule has 7 nitrogen and oxygen atoms in total. The van der Waals surface area contributed by atoms with Gasteiger partial charge in [-0.1, -0.05) is 12.2 Å². The van der Waals surface area contributed by atoms with Gasteiger partial charge in [0.1, 0.15) is 11.9 Å². The third-order valence-corrected chi connectivity index (χ3v) is 4.72. The number of nitrogens with two attached hydrogens (primary N) is 2. The van der Waals surface area contributed by atoms with Gasteiger partial charge in [-0.3, -0.25) is 4.79 Å². The minimum Gasteiger partial charge on any atom is -0.461 e. The summed E-state index contributed by atoms with van der Waals surface area (Å²) in [7, 11) is 0. The zero-order valence-electron chi connectivity index (χ0n) is 13.5. The van der Waals surface area contributed by atoms with Gasteiger partial charge in [0, 0.05) is 12.3 Å². The molecule has 3 rings (SSSR count). The van der Waals surface area contributed by atoms with E-state index in [0.29, 0.717) is 30.5 Å². The summed E-state index contributed by atoms with van der Waals surface area (Å²) in [6, 6.07) is 0. The second-order valence-electron chi connectivity index (χ2n) is 7.08. The van der Waals surface area contributed by atoms with Gasteiger partial charge in [0.2, 0.25) is 11.9 Å². The summed E-state index contributed by atoms with van der Waals surface area (Å²) in [4.78, 5) is 24.3. The van der Waals surface area contributed by atoms with Crippen LogP contribution in [-0.2, 0) is 16.0 Å². The van der Waals surface area contributed by atoms with Crippen molar-refractivity contribution < 1.29 is 9.53 Å². The number of rotatable bonds is 5. The highest BCUT2D eigenvalue weighted by molar-refractivity contribution is 5.76. The Labute approximate surface area is 135 Å². The molecule has 23 heavy (non-hydrogen) atoms. The van der Waals surface area contributed by atoms with Crippen molar-refractivity contribution in [3.05, 3.63) is 18.0 Å². The number of carbonyl (C=O) groups is 1. The van der Waals surface area contributed by atoms with Crippen LogP contribution in [0.25, 0.3) is 0 Å². The number of aromatic nitrogens is 3. The second-order valence-corrected chi connectivity index (χ2v) is 7.08. The van der Waals surface area contributed by atoms with E-state index in [-0.39, 0.29) is 24.0 Å². The van der Waals surface area contributed by atoms with Crippen molar-refractivity contribution in [2.45, 2.75) is 45.6 Å². The molecule has 1 heterocycles. The van der Waals surface area contributed by atoms with Crippen LogP contribution >= 0.6 is 0 Å². The lowest BCUT2D eigenvalue weighted by Crippen LogP contribution is -2.33. The van der Waals surface area contributed by atoms with Crippen molar-refractivity contribution in [2.75, 3.05) is 11.5 Å². The highest BCUT2D eigenvalue weighted by Gasteiger charge is 2.40. The molecule has 1 fully saturated rings. The summed E-state index contributed by atoms with van der Waals surface area (Å²) in [5.41, 5.74) is 10.5. The molecule has 1 saturated carbocycles. The van der Waals surface area contributed by atoms with Crippen LogP contribution in [0.5, 0.6) is 0 Å². The maximum Gasteiger partial charge on any atom is 0.311 e. The predicted molar refractivity (Wildman–Crippen MR) is 86.0 cm³/mol. The number of anilines is 2. The van der Waals surface area contributed by atoms with Crippen LogP contribution in [0, 0.1) is 17.3 Å². The number of hydrogen-bond acceptors (Lipinski definition) is 7. The Morgan fingerprint density at radius 2 is 1.91 bits per heavy atom. The van der Waals surface area contributed by atoms with Gasteiger partial charge in [0.15, 0.2) is 0 Å².